The van der Waals surface area contributed by atoms with Crippen LogP contribution in [0, 0.1) is 0 Å². The molecular weight excluding hydrogens is 310 g/mol. The van der Waals surface area contributed by atoms with E-state index in [1.165, 1.54) is 7.05 Å². The van der Waals surface area contributed by atoms with Crippen LogP contribution < -0.4 is 5.73 Å². The van der Waals surface area contributed by atoms with Crippen molar-refractivity contribution in [1.29, 1.82) is 0 Å². The van der Waals surface area contributed by atoms with Gasteiger partial charge in [0.2, 0.25) is 0 Å². The fourth-order valence-corrected chi connectivity index (χ4v) is 2.22. The molecule has 0 fully saturated rings. The molecule has 2 aromatic rings. The molecule has 0 bridgehead atoms. The summed E-state index contributed by atoms with van der Waals surface area (Å²) in [6.45, 7) is 11.7. The second-order valence-corrected chi connectivity index (χ2v) is 4.53. The number of nitrogens with two attached hydrogens (primary N) is 1. The Morgan fingerprint density at radius 1 is 1.24 bits per heavy atom. The summed E-state index contributed by atoms with van der Waals surface area (Å²) in [5, 5.41) is 4.63. The number of fused-ring (bicyclic) bond motifs is 1. The molecule has 0 amide bonds. The highest BCUT2D eigenvalue weighted by Gasteiger charge is 2.13. The third-order valence-corrected chi connectivity index (χ3v) is 3.08. The molecule has 134 valence electrons. The lowest BCUT2D eigenvalue weighted by Crippen LogP contribution is -1.89. The van der Waals surface area contributed by atoms with E-state index >= 15 is 0 Å². The molecule has 0 unspecified atom stereocenters. The number of aromatic nitrogens is 2. The molecule has 4 heteroatoms. The van der Waals surface area contributed by atoms with Gasteiger partial charge in [0, 0.05) is 22.9 Å². The van der Waals surface area contributed by atoms with Gasteiger partial charge in [-0.1, -0.05) is 56.9 Å². The van der Waals surface area contributed by atoms with E-state index in [0.29, 0.717) is 5.56 Å². The van der Waals surface area contributed by atoms with Gasteiger partial charge >= 0.3 is 0 Å². The van der Waals surface area contributed by atoms with Gasteiger partial charge < -0.3 is 5.73 Å². The quantitative estimate of drug-likeness (QED) is 0.621. The highest BCUT2D eigenvalue weighted by atomic mass is 16.1. The number of allylic oxidation sites excluding steroid dienone is 6. The maximum Gasteiger partial charge on any atom is 0.150 e. The lowest BCUT2D eigenvalue weighted by Gasteiger charge is -1.99. The summed E-state index contributed by atoms with van der Waals surface area (Å²) in [6, 6.07) is 3.60. The van der Waals surface area contributed by atoms with Crippen molar-refractivity contribution in [3.63, 3.8) is 0 Å². The first-order valence-corrected chi connectivity index (χ1v) is 8.39. The van der Waals surface area contributed by atoms with Crippen molar-refractivity contribution in [1.82, 2.24) is 9.61 Å². The van der Waals surface area contributed by atoms with Gasteiger partial charge in [-0.2, -0.15) is 5.10 Å². The Hall–Kier alpha value is -2.72. The average Bonchev–Trinajstić information content (AvgIpc) is 3.03. The molecular formula is C21H29N3O. The average molecular weight is 339 g/mol. The van der Waals surface area contributed by atoms with E-state index in [-0.39, 0.29) is 0 Å². The molecule has 2 N–H and O–H groups in total. The van der Waals surface area contributed by atoms with E-state index in [1.807, 2.05) is 64.1 Å². The Morgan fingerprint density at radius 3 is 2.44 bits per heavy atom. The van der Waals surface area contributed by atoms with Crippen LogP contribution in [0.1, 0.15) is 49.3 Å². The number of hydrogen-bond acceptors (Lipinski definition) is 3. The van der Waals surface area contributed by atoms with E-state index in [4.69, 9.17) is 0 Å². The molecule has 0 atom stereocenters. The molecule has 0 aliphatic rings. The molecule has 0 aliphatic heterocycles. The summed E-state index contributed by atoms with van der Waals surface area (Å²) < 4.78 is 1.79. The normalized spacial score (nSPS) is 11.0. The molecule has 0 saturated carbocycles. The van der Waals surface area contributed by atoms with Gasteiger partial charge in [-0.05, 0) is 33.0 Å². The zero-order chi connectivity index (χ0) is 19.2. The topological polar surface area (TPSA) is 60.4 Å². The van der Waals surface area contributed by atoms with Crippen LogP contribution in [0.2, 0.25) is 0 Å². The molecule has 0 aromatic carbocycles. The minimum absolute atomic E-state index is 0.639. The number of carbonyl (C=O) groups excluding carboxylic acids is 1. The Labute approximate surface area is 151 Å². The van der Waals surface area contributed by atoms with Gasteiger partial charge in [0.25, 0.3) is 0 Å². The molecule has 0 radical (unpaired) electrons. The number of carbonyl (C=O) groups is 1. The Balaban J connectivity index is 0.00000134. The minimum Gasteiger partial charge on any atom is -0.333 e. The molecule has 2 rings (SSSR count). The first kappa shape index (κ1) is 22.3. The summed E-state index contributed by atoms with van der Waals surface area (Å²) in [4.78, 5) is 11.0. The van der Waals surface area contributed by atoms with Crippen molar-refractivity contribution in [3.8, 4) is 0 Å². The van der Waals surface area contributed by atoms with E-state index in [1.54, 1.807) is 22.9 Å². The number of nitrogens with zero attached hydrogens (tertiary/aromatic N) is 2. The summed E-state index contributed by atoms with van der Waals surface area (Å²) >= 11 is 0. The van der Waals surface area contributed by atoms with Crippen LogP contribution >= 0.6 is 0 Å². The zero-order valence-electron chi connectivity index (χ0n) is 15.9. The molecule has 0 spiro atoms. The van der Waals surface area contributed by atoms with Crippen molar-refractivity contribution in [3.05, 3.63) is 72.1 Å². The molecule has 4 nitrogen and oxygen atoms in total. The lowest BCUT2D eigenvalue weighted by atomic mass is 10.0. The maximum atomic E-state index is 11.0. The van der Waals surface area contributed by atoms with Crippen LogP contribution in [0.25, 0.3) is 17.2 Å². The Bertz CT molecular complexity index is 765. The molecule has 2 aromatic heterocycles. The third-order valence-electron chi connectivity index (χ3n) is 3.08. The van der Waals surface area contributed by atoms with Gasteiger partial charge in [0.1, 0.15) is 12.0 Å². The number of pyridine rings is 1. The smallest absolute Gasteiger partial charge is 0.150 e. The van der Waals surface area contributed by atoms with Crippen LogP contribution in [0.3, 0.4) is 0 Å². The first-order chi connectivity index (χ1) is 12.2. The van der Waals surface area contributed by atoms with E-state index in [2.05, 4.69) is 17.4 Å². The second kappa shape index (κ2) is 12.7. The molecule has 0 aliphatic carbocycles. The molecule has 2 heterocycles. The largest absolute Gasteiger partial charge is 0.333 e. The monoisotopic (exact) mass is 339 g/mol. The second-order valence-electron chi connectivity index (χ2n) is 4.53. The predicted octanol–water partition coefficient (Wildman–Crippen LogP) is 4.93. The van der Waals surface area contributed by atoms with E-state index < -0.39 is 0 Å². The van der Waals surface area contributed by atoms with E-state index in [0.717, 1.165) is 28.6 Å². The van der Waals surface area contributed by atoms with Gasteiger partial charge in [0.05, 0.1) is 5.52 Å². The van der Waals surface area contributed by atoms with Crippen molar-refractivity contribution in [2.24, 2.45) is 5.73 Å². The summed E-state index contributed by atoms with van der Waals surface area (Å²) in [5.41, 5.74) is 8.89. The van der Waals surface area contributed by atoms with Crippen molar-refractivity contribution >= 4 is 23.5 Å². The first-order valence-electron chi connectivity index (χ1n) is 8.39. The third kappa shape index (κ3) is 5.69. The van der Waals surface area contributed by atoms with Crippen LogP contribution in [0.4, 0.5) is 0 Å². The van der Waals surface area contributed by atoms with Gasteiger partial charge in [-0.3, -0.25) is 4.79 Å². The van der Waals surface area contributed by atoms with Crippen molar-refractivity contribution in [2.75, 3.05) is 7.05 Å². The number of hydrogen-bond donors (Lipinski definition) is 1. The standard InChI is InChI=1S/C18H18N2O.C2H6.CH5N/c1-4-7-15(8-5-2)18-16(9-6-3)17-12-14(13-21)10-11-20(17)19-18;2*1-2/h4-13H,1H2,2-3H3;1-2H3;2H2,1H3/b8-5-,9-6+,15-7+;;. The van der Waals surface area contributed by atoms with Gasteiger partial charge in [-0.25, -0.2) is 4.52 Å². The summed E-state index contributed by atoms with van der Waals surface area (Å²) in [7, 11) is 1.50. The van der Waals surface area contributed by atoms with Crippen LogP contribution in [0.5, 0.6) is 0 Å². The van der Waals surface area contributed by atoms with E-state index in [9.17, 15) is 4.79 Å². The highest BCUT2D eigenvalue weighted by Crippen LogP contribution is 2.25. The Morgan fingerprint density at radius 2 is 1.92 bits per heavy atom. The van der Waals surface area contributed by atoms with Gasteiger partial charge in [-0.15, -0.1) is 0 Å². The summed E-state index contributed by atoms with van der Waals surface area (Å²) in [6.07, 6.45) is 14.3. The fourth-order valence-electron chi connectivity index (χ4n) is 2.22. The number of rotatable bonds is 5. The highest BCUT2D eigenvalue weighted by molar-refractivity contribution is 5.87. The lowest BCUT2D eigenvalue weighted by molar-refractivity contribution is 0.112. The van der Waals surface area contributed by atoms with Crippen LogP contribution in [-0.2, 0) is 0 Å². The molecule has 25 heavy (non-hydrogen) atoms. The Kier molecular flexibility index (Phi) is 11.3. The summed E-state index contributed by atoms with van der Waals surface area (Å²) in [5.74, 6) is 0. The fraction of sp³-hybridized carbons (Fsp3) is 0.238. The van der Waals surface area contributed by atoms with Crippen LogP contribution in [-0.4, -0.2) is 22.9 Å². The molecule has 0 saturated heterocycles. The maximum absolute atomic E-state index is 11.0. The zero-order valence-corrected chi connectivity index (χ0v) is 15.9. The van der Waals surface area contributed by atoms with Crippen molar-refractivity contribution < 1.29 is 4.79 Å². The SMILES string of the molecule is C=C/C=C(\C=C/C)c1nn2ccc(C=O)cc2c1/C=C/C.CC.CN. The van der Waals surface area contributed by atoms with Gasteiger partial charge in [0.15, 0.2) is 0 Å². The van der Waals surface area contributed by atoms with Crippen molar-refractivity contribution in [2.45, 2.75) is 27.7 Å². The number of aldehydes is 1. The van der Waals surface area contributed by atoms with Crippen LogP contribution in [0.15, 0.2) is 55.3 Å². The minimum atomic E-state index is 0.639. The predicted molar refractivity (Wildman–Crippen MR) is 110 cm³/mol.